The molecule has 0 bridgehead atoms. The van der Waals surface area contributed by atoms with E-state index in [2.05, 4.69) is 0 Å². The predicted octanol–water partition coefficient (Wildman–Crippen LogP) is 2.86. The van der Waals surface area contributed by atoms with Gasteiger partial charge in [0.15, 0.2) is 5.79 Å². The van der Waals surface area contributed by atoms with Gasteiger partial charge in [0, 0.05) is 12.8 Å². The Hall–Kier alpha value is -0.0800. The van der Waals surface area contributed by atoms with Gasteiger partial charge >= 0.3 is 0 Å². The van der Waals surface area contributed by atoms with Crippen LogP contribution in [0.4, 0.5) is 0 Å². The van der Waals surface area contributed by atoms with E-state index in [9.17, 15) is 0 Å². The van der Waals surface area contributed by atoms with Crippen molar-refractivity contribution < 1.29 is 9.47 Å². The summed E-state index contributed by atoms with van der Waals surface area (Å²) in [6.07, 6.45) is 9.97. The molecule has 2 rings (SSSR count). The lowest BCUT2D eigenvalue weighted by molar-refractivity contribution is -0.275. The fourth-order valence-electron chi connectivity index (χ4n) is 2.35. The van der Waals surface area contributed by atoms with Crippen LogP contribution in [-0.2, 0) is 9.47 Å². The summed E-state index contributed by atoms with van der Waals surface area (Å²) in [5.41, 5.74) is 0. The smallest absolute Gasteiger partial charge is 0.168 e. The molecule has 2 nitrogen and oxygen atoms in total. The van der Waals surface area contributed by atoms with Crippen molar-refractivity contribution in [2.24, 2.45) is 0 Å². The molecule has 76 valence electrons. The van der Waals surface area contributed by atoms with Crippen LogP contribution in [0.25, 0.3) is 0 Å². The fraction of sp³-hybridized carbons (Fsp3) is 1.00. The number of rotatable bonds is 0. The summed E-state index contributed by atoms with van der Waals surface area (Å²) < 4.78 is 11.6. The Bertz CT molecular complexity index is 140. The van der Waals surface area contributed by atoms with Gasteiger partial charge < -0.3 is 9.47 Å². The quantitative estimate of drug-likeness (QED) is 0.576. The lowest BCUT2D eigenvalue weighted by atomic mass is 9.95. The molecule has 0 aromatic rings. The summed E-state index contributed by atoms with van der Waals surface area (Å²) in [4.78, 5) is 0. The molecule has 0 unspecified atom stereocenters. The van der Waals surface area contributed by atoms with Gasteiger partial charge in [0.1, 0.15) is 0 Å². The molecular weight excluding hydrogens is 164 g/mol. The van der Waals surface area contributed by atoms with Crippen molar-refractivity contribution in [3.8, 4) is 0 Å². The van der Waals surface area contributed by atoms with Crippen molar-refractivity contribution in [2.45, 2.75) is 57.2 Å². The summed E-state index contributed by atoms with van der Waals surface area (Å²) in [5.74, 6) is -0.168. The van der Waals surface area contributed by atoms with E-state index in [4.69, 9.17) is 9.47 Å². The molecule has 1 aliphatic heterocycles. The lowest BCUT2D eigenvalue weighted by Gasteiger charge is -2.38. The molecule has 1 saturated carbocycles. The molecule has 1 saturated heterocycles. The summed E-state index contributed by atoms with van der Waals surface area (Å²) in [7, 11) is 0. The lowest BCUT2D eigenvalue weighted by Crippen LogP contribution is -2.41. The summed E-state index contributed by atoms with van der Waals surface area (Å²) >= 11 is 0. The molecule has 0 aromatic carbocycles. The van der Waals surface area contributed by atoms with Crippen molar-refractivity contribution in [1.29, 1.82) is 0 Å². The van der Waals surface area contributed by atoms with Crippen LogP contribution < -0.4 is 0 Å². The van der Waals surface area contributed by atoms with Gasteiger partial charge in [-0.05, 0) is 19.3 Å². The van der Waals surface area contributed by atoms with E-state index in [0.717, 1.165) is 32.5 Å². The van der Waals surface area contributed by atoms with Crippen molar-refractivity contribution >= 4 is 0 Å². The maximum absolute atomic E-state index is 5.82. The molecule has 1 heterocycles. The van der Waals surface area contributed by atoms with Crippen molar-refractivity contribution in [3.05, 3.63) is 0 Å². The van der Waals surface area contributed by atoms with Gasteiger partial charge in [0.2, 0.25) is 0 Å². The number of ether oxygens (including phenoxy) is 2. The molecule has 2 aliphatic rings. The molecule has 0 radical (unpaired) electrons. The van der Waals surface area contributed by atoms with Gasteiger partial charge in [-0.25, -0.2) is 0 Å². The van der Waals surface area contributed by atoms with Gasteiger partial charge in [0.05, 0.1) is 13.2 Å². The summed E-state index contributed by atoms with van der Waals surface area (Å²) in [6.45, 7) is 1.81. The van der Waals surface area contributed by atoms with Crippen molar-refractivity contribution in [3.63, 3.8) is 0 Å². The van der Waals surface area contributed by atoms with Crippen LogP contribution in [0.5, 0.6) is 0 Å². The monoisotopic (exact) mass is 184 g/mol. The van der Waals surface area contributed by atoms with Gasteiger partial charge in [-0.3, -0.25) is 0 Å². The SMILES string of the molecule is C1CCCC2(CCC1)OCCCO2. The van der Waals surface area contributed by atoms with Gasteiger partial charge in [-0.2, -0.15) is 0 Å². The highest BCUT2D eigenvalue weighted by Crippen LogP contribution is 2.32. The van der Waals surface area contributed by atoms with E-state index in [1.807, 2.05) is 0 Å². The van der Waals surface area contributed by atoms with Gasteiger partial charge in [-0.1, -0.05) is 19.3 Å². The normalized spacial score (nSPS) is 29.5. The van der Waals surface area contributed by atoms with Crippen molar-refractivity contribution in [1.82, 2.24) is 0 Å². The summed E-state index contributed by atoms with van der Waals surface area (Å²) in [5, 5.41) is 0. The van der Waals surface area contributed by atoms with Crippen LogP contribution in [0.15, 0.2) is 0 Å². The third-order valence-electron chi connectivity index (χ3n) is 3.13. The zero-order chi connectivity index (χ0) is 8.99. The average molecular weight is 184 g/mol. The second-order valence-electron chi connectivity index (χ2n) is 4.23. The van der Waals surface area contributed by atoms with E-state index in [0.29, 0.717) is 0 Å². The van der Waals surface area contributed by atoms with E-state index < -0.39 is 0 Å². The Kier molecular flexibility index (Phi) is 3.23. The second kappa shape index (κ2) is 4.43. The molecule has 0 amide bonds. The molecule has 1 spiro atoms. The maximum atomic E-state index is 5.82. The highest BCUT2D eigenvalue weighted by Gasteiger charge is 2.33. The van der Waals surface area contributed by atoms with Crippen LogP contribution in [0, 0.1) is 0 Å². The van der Waals surface area contributed by atoms with Crippen LogP contribution in [-0.4, -0.2) is 19.0 Å². The standard InChI is InChI=1S/C11H20O2/c1-2-4-7-11(8-5-3-1)12-9-6-10-13-11/h1-10H2. The molecule has 0 atom stereocenters. The van der Waals surface area contributed by atoms with E-state index in [1.54, 1.807) is 0 Å². The number of hydrogen-bond donors (Lipinski definition) is 0. The Labute approximate surface area is 80.6 Å². The molecular formula is C11H20O2. The highest BCUT2D eigenvalue weighted by atomic mass is 16.7. The van der Waals surface area contributed by atoms with Crippen LogP contribution in [0.2, 0.25) is 0 Å². The molecule has 13 heavy (non-hydrogen) atoms. The average Bonchev–Trinajstić information content (AvgIpc) is 2.14. The van der Waals surface area contributed by atoms with E-state index in [1.165, 1.54) is 32.1 Å². The maximum Gasteiger partial charge on any atom is 0.168 e. The summed E-state index contributed by atoms with van der Waals surface area (Å²) in [6, 6.07) is 0. The fourth-order valence-corrected chi connectivity index (χ4v) is 2.35. The van der Waals surface area contributed by atoms with E-state index >= 15 is 0 Å². The van der Waals surface area contributed by atoms with Crippen LogP contribution >= 0.6 is 0 Å². The zero-order valence-corrected chi connectivity index (χ0v) is 8.39. The minimum atomic E-state index is -0.168. The highest BCUT2D eigenvalue weighted by molar-refractivity contribution is 4.75. The third kappa shape index (κ3) is 2.44. The van der Waals surface area contributed by atoms with Crippen molar-refractivity contribution in [2.75, 3.05) is 13.2 Å². The molecule has 2 heteroatoms. The van der Waals surface area contributed by atoms with Crippen LogP contribution in [0.3, 0.4) is 0 Å². The molecule has 0 aromatic heterocycles. The first-order valence-electron chi connectivity index (χ1n) is 5.69. The molecule has 2 fully saturated rings. The molecule has 0 N–H and O–H groups in total. The first-order chi connectivity index (χ1) is 6.41. The van der Waals surface area contributed by atoms with Gasteiger partial charge in [-0.15, -0.1) is 0 Å². The van der Waals surface area contributed by atoms with E-state index in [-0.39, 0.29) is 5.79 Å². The third-order valence-corrected chi connectivity index (χ3v) is 3.13. The molecule has 1 aliphatic carbocycles. The largest absolute Gasteiger partial charge is 0.350 e. The Morgan fingerprint density at radius 1 is 0.615 bits per heavy atom. The number of hydrogen-bond acceptors (Lipinski definition) is 2. The first-order valence-corrected chi connectivity index (χ1v) is 5.69. The Morgan fingerprint density at radius 2 is 1.15 bits per heavy atom. The van der Waals surface area contributed by atoms with Crippen LogP contribution in [0.1, 0.15) is 51.4 Å². The Morgan fingerprint density at radius 3 is 1.77 bits per heavy atom. The zero-order valence-electron chi connectivity index (χ0n) is 8.39. The topological polar surface area (TPSA) is 18.5 Å². The second-order valence-corrected chi connectivity index (χ2v) is 4.23. The Balaban J connectivity index is 1.91. The first kappa shape index (κ1) is 9.47. The minimum absolute atomic E-state index is 0.168. The predicted molar refractivity (Wildman–Crippen MR) is 51.6 cm³/mol. The minimum Gasteiger partial charge on any atom is -0.350 e. The van der Waals surface area contributed by atoms with Gasteiger partial charge in [0.25, 0.3) is 0 Å².